The Labute approximate surface area is 107 Å². The molecule has 0 atom stereocenters. The number of ether oxygens (including phenoxy) is 1. The van der Waals surface area contributed by atoms with E-state index in [1.54, 1.807) is 0 Å². The van der Waals surface area contributed by atoms with Gasteiger partial charge < -0.3 is 4.74 Å². The minimum Gasteiger partial charge on any atom is -0.457 e. The summed E-state index contributed by atoms with van der Waals surface area (Å²) < 4.78 is 31.9. The lowest BCUT2D eigenvalue weighted by atomic mass is 10.2. The summed E-state index contributed by atoms with van der Waals surface area (Å²) in [6.45, 7) is 0. The van der Waals surface area contributed by atoms with Gasteiger partial charge in [0.05, 0.1) is 11.1 Å². The molecule has 0 aromatic heterocycles. The van der Waals surface area contributed by atoms with E-state index in [9.17, 15) is 18.4 Å². The number of aldehydes is 2. The van der Waals surface area contributed by atoms with Crippen LogP contribution in [-0.4, -0.2) is 12.6 Å². The Bertz CT molecular complexity index is 583. The Hall–Kier alpha value is -2.56. The number of rotatable bonds is 4. The van der Waals surface area contributed by atoms with Crippen LogP contribution in [0.3, 0.4) is 0 Å². The second kappa shape index (κ2) is 5.39. The van der Waals surface area contributed by atoms with Crippen molar-refractivity contribution in [3.63, 3.8) is 0 Å². The fourth-order valence-electron chi connectivity index (χ4n) is 1.47. The lowest BCUT2D eigenvalue weighted by Gasteiger charge is -2.07. The second-order valence-electron chi connectivity index (χ2n) is 3.70. The average molecular weight is 262 g/mol. The normalized spacial score (nSPS) is 10.0. The van der Waals surface area contributed by atoms with Gasteiger partial charge in [-0.1, -0.05) is 0 Å². The molecule has 96 valence electrons. The summed E-state index contributed by atoms with van der Waals surface area (Å²) in [5, 5.41) is 0. The van der Waals surface area contributed by atoms with Crippen molar-refractivity contribution in [3.05, 3.63) is 59.2 Å². The fraction of sp³-hybridized carbons (Fsp3) is 0. The number of hydrogen-bond donors (Lipinski definition) is 0. The van der Waals surface area contributed by atoms with E-state index in [4.69, 9.17) is 4.74 Å². The smallest absolute Gasteiger partial charge is 0.152 e. The summed E-state index contributed by atoms with van der Waals surface area (Å²) in [5.41, 5.74) is -0.176. The van der Waals surface area contributed by atoms with Gasteiger partial charge in [0, 0.05) is 12.1 Å². The molecule has 0 bridgehead atoms. The van der Waals surface area contributed by atoms with Crippen LogP contribution >= 0.6 is 0 Å². The zero-order chi connectivity index (χ0) is 13.8. The van der Waals surface area contributed by atoms with Gasteiger partial charge in [0.2, 0.25) is 0 Å². The van der Waals surface area contributed by atoms with Crippen molar-refractivity contribution in [3.8, 4) is 11.5 Å². The van der Waals surface area contributed by atoms with Gasteiger partial charge in [0.15, 0.2) is 12.6 Å². The maximum absolute atomic E-state index is 13.3. The number of benzene rings is 2. The molecule has 0 radical (unpaired) electrons. The van der Waals surface area contributed by atoms with Crippen molar-refractivity contribution >= 4 is 12.6 Å². The zero-order valence-electron chi connectivity index (χ0n) is 9.60. The quantitative estimate of drug-likeness (QED) is 0.793. The van der Waals surface area contributed by atoms with Crippen LogP contribution in [0.25, 0.3) is 0 Å². The van der Waals surface area contributed by atoms with Crippen molar-refractivity contribution < 1.29 is 23.1 Å². The summed E-state index contributed by atoms with van der Waals surface area (Å²) in [6.07, 6.45) is 0.773. The monoisotopic (exact) mass is 262 g/mol. The largest absolute Gasteiger partial charge is 0.457 e. The van der Waals surface area contributed by atoms with Gasteiger partial charge >= 0.3 is 0 Å². The Balaban J connectivity index is 2.26. The van der Waals surface area contributed by atoms with Gasteiger partial charge in [-0.15, -0.1) is 0 Å². The number of hydrogen-bond acceptors (Lipinski definition) is 3. The van der Waals surface area contributed by atoms with Gasteiger partial charge in [-0.25, -0.2) is 8.78 Å². The van der Waals surface area contributed by atoms with Gasteiger partial charge in [0.25, 0.3) is 0 Å². The van der Waals surface area contributed by atoms with Crippen LogP contribution in [0.2, 0.25) is 0 Å². The molecule has 0 aliphatic rings. The first-order chi connectivity index (χ1) is 9.13. The summed E-state index contributed by atoms with van der Waals surface area (Å²) in [6, 6.07) is 7.34. The van der Waals surface area contributed by atoms with E-state index in [2.05, 4.69) is 0 Å². The highest BCUT2D eigenvalue weighted by molar-refractivity contribution is 5.76. The number of halogens is 2. The topological polar surface area (TPSA) is 43.4 Å². The molecule has 0 fully saturated rings. The first-order valence-corrected chi connectivity index (χ1v) is 5.31. The third kappa shape index (κ3) is 2.82. The predicted molar refractivity (Wildman–Crippen MR) is 63.6 cm³/mol. The third-order valence-electron chi connectivity index (χ3n) is 2.43. The van der Waals surface area contributed by atoms with Crippen molar-refractivity contribution in [2.75, 3.05) is 0 Å². The predicted octanol–water partition coefficient (Wildman–Crippen LogP) is 3.38. The van der Waals surface area contributed by atoms with Gasteiger partial charge in [-0.05, 0) is 24.3 Å². The van der Waals surface area contributed by atoms with E-state index in [0.717, 1.165) is 12.1 Å². The molecule has 0 amide bonds. The van der Waals surface area contributed by atoms with Crippen LogP contribution in [0.15, 0.2) is 36.4 Å². The molecule has 2 rings (SSSR count). The highest BCUT2D eigenvalue weighted by Gasteiger charge is 2.07. The molecule has 2 aromatic carbocycles. The van der Waals surface area contributed by atoms with Crippen LogP contribution in [0.1, 0.15) is 20.7 Å². The molecule has 19 heavy (non-hydrogen) atoms. The van der Waals surface area contributed by atoms with Crippen LogP contribution < -0.4 is 4.74 Å². The van der Waals surface area contributed by atoms with Crippen LogP contribution in [0.4, 0.5) is 8.78 Å². The minimum atomic E-state index is -0.725. The van der Waals surface area contributed by atoms with Crippen LogP contribution in [0.5, 0.6) is 11.5 Å². The average Bonchev–Trinajstić information content (AvgIpc) is 2.39. The second-order valence-corrected chi connectivity index (χ2v) is 3.70. The molecule has 0 saturated heterocycles. The first-order valence-electron chi connectivity index (χ1n) is 5.31. The lowest BCUT2D eigenvalue weighted by molar-refractivity contribution is 0.111. The Morgan fingerprint density at radius 1 is 0.789 bits per heavy atom. The van der Waals surface area contributed by atoms with Crippen molar-refractivity contribution in [2.45, 2.75) is 0 Å². The highest BCUT2D eigenvalue weighted by atomic mass is 19.1. The number of carbonyl (C=O) groups is 2. The first kappa shape index (κ1) is 12.9. The van der Waals surface area contributed by atoms with E-state index in [1.807, 2.05) is 0 Å². The summed E-state index contributed by atoms with van der Waals surface area (Å²) in [7, 11) is 0. The molecule has 3 nitrogen and oxygen atoms in total. The zero-order valence-corrected chi connectivity index (χ0v) is 9.60. The number of carbonyl (C=O) groups excluding carboxylic acids is 2. The van der Waals surface area contributed by atoms with Gasteiger partial charge in [-0.3, -0.25) is 9.59 Å². The van der Waals surface area contributed by atoms with E-state index in [0.29, 0.717) is 12.6 Å². The van der Waals surface area contributed by atoms with E-state index in [1.165, 1.54) is 24.3 Å². The van der Waals surface area contributed by atoms with E-state index >= 15 is 0 Å². The van der Waals surface area contributed by atoms with Gasteiger partial charge in [-0.2, -0.15) is 0 Å². The molecule has 0 unspecified atom stereocenters. The van der Waals surface area contributed by atoms with Crippen LogP contribution in [-0.2, 0) is 0 Å². The summed E-state index contributed by atoms with van der Waals surface area (Å²) in [5.74, 6) is -1.20. The van der Waals surface area contributed by atoms with Crippen LogP contribution in [0, 0.1) is 11.6 Å². The summed E-state index contributed by atoms with van der Waals surface area (Å²) >= 11 is 0. The third-order valence-corrected chi connectivity index (χ3v) is 2.43. The van der Waals surface area contributed by atoms with Crippen molar-refractivity contribution in [1.29, 1.82) is 0 Å². The van der Waals surface area contributed by atoms with E-state index in [-0.39, 0.29) is 22.6 Å². The molecule has 0 saturated carbocycles. The summed E-state index contributed by atoms with van der Waals surface area (Å²) in [4.78, 5) is 20.9. The Kier molecular flexibility index (Phi) is 3.66. The van der Waals surface area contributed by atoms with E-state index < -0.39 is 11.6 Å². The van der Waals surface area contributed by atoms with Crippen molar-refractivity contribution in [1.82, 2.24) is 0 Å². The van der Waals surface area contributed by atoms with Gasteiger partial charge in [0.1, 0.15) is 23.1 Å². The Morgan fingerprint density at radius 3 is 1.53 bits per heavy atom. The molecular weight excluding hydrogens is 254 g/mol. The fourth-order valence-corrected chi connectivity index (χ4v) is 1.47. The lowest BCUT2D eigenvalue weighted by Crippen LogP contribution is -1.92. The SMILES string of the molecule is O=Cc1ccc(Oc2ccc(C=O)c(F)c2)cc1F. The molecule has 2 aromatic rings. The highest BCUT2D eigenvalue weighted by Crippen LogP contribution is 2.24. The Morgan fingerprint density at radius 2 is 1.21 bits per heavy atom. The molecule has 5 heteroatoms. The molecule has 0 aliphatic heterocycles. The minimum absolute atomic E-state index is 0.0881. The maximum Gasteiger partial charge on any atom is 0.152 e. The molecular formula is C14H8F2O3. The molecule has 0 aliphatic carbocycles. The molecule has 0 heterocycles. The van der Waals surface area contributed by atoms with Crippen molar-refractivity contribution in [2.24, 2.45) is 0 Å². The standard InChI is InChI=1S/C14H8F2O3/c15-13-5-11(3-1-9(13)7-17)19-12-4-2-10(8-18)14(16)6-12/h1-8H. The molecule has 0 spiro atoms. The maximum atomic E-state index is 13.3. The molecule has 0 N–H and O–H groups in total.